The molecule has 0 atom stereocenters. The molecule has 1 saturated carbocycles. The lowest BCUT2D eigenvalue weighted by molar-refractivity contribution is 0.172. The molecule has 0 unspecified atom stereocenters. The van der Waals surface area contributed by atoms with Crippen LogP contribution in [-0.2, 0) is 0 Å². The van der Waals surface area contributed by atoms with Gasteiger partial charge < -0.3 is 15.5 Å². The molecule has 1 fully saturated rings. The predicted octanol–water partition coefficient (Wildman–Crippen LogP) is 2.50. The zero-order valence-corrected chi connectivity index (χ0v) is 13.2. The van der Waals surface area contributed by atoms with Crippen LogP contribution in [0.5, 0.6) is 0 Å². The van der Waals surface area contributed by atoms with Crippen LogP contribution in [0.1, 0.15) is 38.4 Å². The Hall–Kier alpha value is -1.36. The maximum Gasteiger partial charge on any atom is 0.131 e. The van der Waals surface area contributed by atoms with Gasteiger partial charge in [0.25, 0.3) is 0 Å². The number of rotatable bonds is 6. The average Bonchev–Trinajstić information content (AvgIpc) is 2.86. The molecule has 1 heterocycles. The van der Waals surface area contributed by atoms with E-state index in [9.17, 15) is 0 Å². The van der Waals surface area contributed by atoms with Crippen molar-refractivity contribution in [3.8, 4) is 0 Å². The van der Waals surface area contributed by atoms with E-state index in [-0.39, 0.29) is 5.54 Å². The summed E-state index contributed by atoms with van der Waals surface area (Å²) in [4.78, 5) is 11.2. The van der Waals surface area contributed by atoms with Crippen molar-refractivity contribution in [3.05, 3.63) is 11.9 Å². The zero-order valence-electron chi connectivity index (χ0n) is 13.2. The summed E-state index contributed by atoms with van der Waals surface area (Å²) in [6.45, 7) is 5.83. The van der Waals surface area contributed by atoms with Crippen LogP contribution in [0.25, 0.3) is 0 Å². The molecular formula is C15H27N5. The molecule has 0 spiro atoms. The molecule has 0 saturated heterocycles. The zero-order chi connectivity index (χ0) is 14.6. The van der Waals surface area contributed by atoms with Crippen molar-refractivity contribution in [1.82, 2.24) is 14.9 Å². The average molecular weight is 277 g/mol. The minimum Gasteiger partial charge on any atom is -0.370 e. The molecule has 5 heteroatoms. The summed E-state index contributed by atoms with van der Waals surface area (Å²) in [6.07, 6.45) is 5.17. The Morgan fingerprint density at radius 1 is 1.15 bits per heavy atom. The lowest BCUT2D eigenvalue weighted by atomic mass is 9.96. The van der Waals surface area contributed by atoms with E-state index in [1.807, 2.05) is 13.0 Å². The minimum atomic E-state index is 0.275. The van der Waals surface area contributed by atoms with Crippen LogP contribution in [0.2, 0.25) is 0 Å². The van der Waals surface area contributed by atoms with E-state index < -0.39 is 0 Å². The SMILES string of the molecule is CCNc1cc(NCC2(N(C)C)CCCC2)nc(C)n1. The quantitative estimate of drug-likeness (QED) is 0.837. The predicted molar refractivity (Wildman–Crippen MR) is 84.3 cm³/mol. The third-order valence-corrected chi connectivity index (χ3v) is 4.28. The summed E-state index contributed by atoms with van der Waals surface area (Å²) in [5.74, 6) is 2.62. The fraction of sp³-hybridized carbons (Fsp3) is 0.733. The first-order chi connectivity index (χ1) is 9.55. The second-order valence-electron chi connectivity index (χ2n) is 5.90. The number of likely N-dealkylation sites (N-methyl/N-ethyl adjacent to an activating group) is 1. The van der Waals surface area contributed by atoms with Gasteiger partial charge in [-0.15, -0.1) is 0 Å². The topological polar surface area (TPSA) is 53.1 Å². The van der Waals surface area contributed by atoms with Crippen LogP contribution < -0.4 is 10.6 Å². The smallest absolute Gasteiger partial charge is 0.131 e. The lowest BCUT2D eigenvalue weighted by Gasteiger charge is -2.36. The van der Waals surface area contributed by atoms with E-state index in [0.717, 1.165) is 30.5 Å². The van der Waals surface area contributed by atoms with E-state index in [4.69, 9.17) is 0 Å². The second kappa shape index (κ2) is 6.39. The molecule has 2 rings (SSSR count). The van der Waals surface area contributed by atoms with Crippen molar-refractivity contribution in [3.63, 3.8) is 0 Å². The maximum absolute atomic E-state index is 4.49. The molecule has 0 amide bonds. The van der Waals surface area contributed by atoms with Crippen molar-refractivity contribution in [1.29, 1.82) is 0 Å². The highest BCUT2D eigenvalue weighted by Gasteiger charge is 2.35. The summed E-state index contributed by atoms with van der Waals surface area (Å²) in [5, 5.41) is 6.76. The Morgan fingerprint density at radius 3 is 2.30 bits per heavy atom. The summed E-state index contributed by atoms with van der Waals surface area (Å²) < 4.78 is 0. The van der Waals surface area contributed by atoms with Gasteiger partial charge >= 0.3 is 0 Å². The summed E-state index contributed by atoms with van der Waals surface area (Å²) in [7, 11) is 4.37. The van der Waals surface area contributed by atoms with Crippen LogP contribution in [-0.4, -0.2) is 47.6 Å². The standard InChI is InChI=1S/C15H27N5/c1-5-16-13-10-14(19-12(2)18-13)17-11-15(20(3)4)8-6-7-9-15/h10H,5-9,11H2,1-4H3,(H2,16,17,18,19). The number of anilines is 2. The first kappa shape index (κ1) is 15.0. The molecule has 0 bridgehead atoms. The maximum atomic E-state index is 4.49. The van der Waals surface area contributed by atoms with Crippen LogP contribution in [0.4, 0.5) is 11.6 Å². The Kier molecular flexibility index (Phi) is 4.81. The number of aromatic nitrogens is 2. The van der Waals surface area contributed by atoms with E-state index in [0.29, 0.717) is 0 Å². The van der Waals surface area contributed by atoms with Gasteiger partial charge in [-0.2, -0.15) is 0 Å². The number of hydrogen-bond donors (Lipinski definition) is 2. The Labute approximate surface area is 122 Å². The molecule has 1 aliphatic carbocycles. The van der Waals surface area contributed by atoms with Gasteiger partial charge in [-0.1, -0.05) is 12.8 Å². The number of hydrogen-bond acceptors (Lipinski definition) is 5. The Bertz CT molecular complexity index is 438. The summed E-state index contributed by atoms with van der Waals surface area (Å²) in [5.41, 5.74) is 0.275. The summed E-state index contributed by atoms with van der Waals surface area (Å²) >= 11 is 0. The third-order valence-electron chi connectivity index (χ3n) is 4.28. The van der Waals surface area contributed by atoms with E-state index in [2.05, 4.69) is 46.5 Å². The molecule has 112 valence electrons. The highest BCUT2D eigenvalue weighted by atomic mass is 15.2. The molecule has 0 radical (unpaired) electrons. The lowest BCUT2D eigenvalue weighted by Crippen LogP contribution is -2.47. The van der Waals surface area contributed by atoms with Crippen LogP contribution in [0, 0.1) is 6.92 Å². The number of aryl methyl sites for hydroxylation is 1. The van der Waals surface area contributed by atoms with Gasteiger partial charge in [0.2, 0.25) is 0 Å². The second-order valence-corrected chi connectivity index (χ2v) is 5.90. The van der Waals surface area contributed by atoms with E-state index in [1.165, 1.54) is 25.7 Å². The van der Waals surface area contributed by atoms with Crippen molar-refractivity contribution in [2.75, 3.05) is 37.8 Å². The molecule has 0 aliphatic heterocycles. The third kappa shape index (κ3) is 3.39. The van der Waals surface area contributed by atoms with Gasteiger partial charge in [0.05, 0.1) is 0 Å². The van der Waals surface area contributed by atoms with Crippen molar-refractivity contribution >= 4 is 11.6 Å². The van der Waals surface area contributed by atoms with Gasteiger partial charge in [-0.25, -0.2) is 9.97 Å². The minimum absolute atomic E-state index is 0.275. The van der Waals surface area contributed by atoms with Gasteiger partial charge in [0.15, 0.2) is 0 Å². The number of nitrogens with one attached hydrogen (secondary N) is 2. The first-order valence-electron chi connectivity index (χ1n) is 7.56. The molecule has 1 aliphatic rings. The fourth-order valence-corrected chi connectivity index (χ4v) is 3.00. The van der Waals surface area contributed by atoms with E-state index in [1.54, 1.807) is 0 Å². The van der Waals surface area contributed by atoms with Gasteiger partial charge in [0.1, 0.15) is 17.5 Å². The number of nitrogens with zero attached hydrogens (tertiary/aromatic N) is 3. The largest absolute Gasteiger partial charge is 0.370 e. The normalized spacial score (nSPS) is 17.4. The molecule has 1 aromatic rings. The molecule has 0 aromatic carbocycles. The van der Waals surface area contributed by atoms with Gasteiger partial charge in [0, 0.05) is 24.7 Å². The van der Waals surface area contributed by atoms with Crippen molar-refractivity contribution < 1.29 is 0 Å². The van der Waals surface area contributed by atoms with Crippen LogP contribution in [0.3, 0.4) is 0 Å². The molecular weight excluding hydrogens is 250 g/mol. The first-order valence-corrected chi connectivity index (χ1v) is 7.56. The van der Waals surface area contributed by atoms with Crippen molar-refractivity contribution in [2.24, 2.45) is 0 Å². The molecule has 2 N–H and O–H groups in total. The highest BCUT2D eigenvalue weighted by molar-refractivity contribution is 5.47. The Balaban J connectivity index is 2.06. The fourth-order valence-electron chi connectivity index (χ4n) is 3.00. The van der Waals surface area contributed by atoms with Gasteiger partial charge in [-0.05, 0) is 40.8 Å². The Morgan fingerprint density at radius 2 is 1.75 bits per heavy atom. The summed E-state index contributed by atoms with van der Waals surface area (Å²) in [6, 6.07) is 1.99. The van der Waals surface area contributed by atoms with E-state index >= 15 is 0 Å². The highest BCUT2D eigenvalue weighted by Crippen LogP contribution is 2.33. The van der Waals surface area contributed by atoms with Crippen LogP contribution >= 0.6 is 0 Å². The molecule has 1 aromatic heterocycles. The van der Waals surface area contributed by atoms with Gasteiger partial charge in [-0.3, -0.25) is 0 Å². The van der Waals surface area contributed by atoms with Crippen molar-refractivity contribution in [2.45, 2.75) is 45.1 Å². The molecule has 20 heavy (non-hydrogen) atoms. The monoisotopic (exact) mass is 277 g/mol. The van der Waals surface area contributed by atoms with Crippen LogP contribution in [0.15, 0.2) is 6.07 Å². The molecule has 5 nitrogen and oxygen atoms in total.